The van der Waals surface area contributed by atoms with Gasteiger partial charge in [-0.1, -0.05) is 81.9 Å². The molecule has 17 nitrogen and oxygen atoms in total. The molecule has 0 radical (unpaired) electrons. The number of carbonyl (C=O) groups excluding carboxylic acids is 7. The lowest BCUT2D eigenvalue weighted by Crippen LogP contribution is -2.49. The van der Waals surface area contributed by atoms with E-state index in [9.17, 15) is 43.5 Å². The van der Waals surface area contributed by atoms with Gasteiger partial charge in [0.1, 0.15) is 32.8 Å². The van der Waals surface area contributed by atoms with Crippen molar-refractivity contribution in [3.8, 4) is 35.5 Å². The average molecular weight is 1420 g/mol. The maximum atomic E-state index is 14.0. The normalized spacial score (nSPS) is 16.9. The van der Waals surface area contributed by atoms with Gasteiger partial charge in [-0.05, 0) is 175 Å². The van der Waals surface area contributed by atoms with Gasteiger partial charge in [0.15, 0.2) is 0 Å². The topological polar surface area (TPSA) is 203 Å². The van der Waals surface area contributed by atoms with Crippen LogP contribution >= 0.6 is 80.4 Å². The third-order valence-corrected chi connectivity index (χ3v) is 18.9. The number of thiophene rings is 3. The minimum atomic E-state index is -1.20. The van der Waals surface area contributed by atoms with E-state index in [1.807, 2.05) is 75.4 Å². The highest BCUT2D eigenvalue weighted by molar-refractivity contribution is 7.16. The second kappa shape index (κ2) is 33.1. The third kappa shape index (κ3) is 20.7. The number of anilines is 3. The molecule has 2 aromatic carbocycles. The van der Waals surface area contributed by atoms with Gasteiger partial charge in [-0.15, -0.1) is 34.0 Å². The van der Waals surface area contributed by atoms with Crippen LogP contribution in [0, 0.1) is 51.8 Å². The first-order chi connectivity index (χ1) is 44.0. The van der Waals surface area contributed by atoms with Crippen molar-refractivity contribution in [2.75, 3.05) is 70.1 Å². The lowest BCUT2D eigenvalue weighted by Gasteiger charge is -2.32. The zero-order valence-corrected chi connectivity index (χ0v) is 60.9. The first kappa shape index (κ1) is 76.0. The van der Waals surface area contributed by atoms with E-state index in [0.29, 0.717) is 62.7 Å². The van der Waals surface area contributed by atoms with Crippen molar-refractivity contribution in [1.29, 1.82) is 0 Å². The van der Waals surface area contributed by atoms with Gasteiger partial charge in [0.05, 0.1) is 67.1 Å². The largest absolute Gasteiger partial charge is 0.477 e. The molecular formula is C70H80Cl4N6O11S3. The number of likely N-dealkylation sites (N-methyl/N-ethyl adjacent to an activating group) is 3. The Kier molecular flexibility index (Phi) is 26.7. The lowest BCUT2D eigenvalue weighted by molar-refractivity contribution is -0.131. The summed E-state index contributed by atoms with van der Waals surface area (Å²) in [6.07, 6.45) is 6.63. The molecular weight excluding hydrogens is 1340 g/mol. The summed E-state index contributed by atoms with van der Waals surface area (Å²) in [5.74, 6) is 15.0. The van der Waals surface area contributed by atoms with E-state index in [1.165, 1.54) is 65.7 Å². The van der Waals surface area contributed by atoms with Crippen LogP contribution in [-0.4, -0.2) is 140 Å². The molecule has 3 saturated heterocycles. The van der Waals surface area contributed by atoms with E-state index in [2.05, 4.69) is 40.8 Å². The molecule has 0 spiro atoms. The smallest absolute Gasteiger partial charge is 0.350 e. The Bertz CT molecular complexity index is 3880. The number of benzene rings is 2. The number of esters is 2. The second-order valence-electron chi connectivity index (χ2n) is 25.9. The van der Waals surface area contributed by atoms with E-state index in [0.717, 1.165) is 72.6 Å². The van der Waals surface area contributed by atoms with E-state index in [1.54, 1.807) is 47.0 Å². The molecule has 0 unspecified atom stereocenters. The van der Waals surface area contributed by atoms with Gasteiger partial charge in [-0.25, -0.2) is 14.4 Å². The Morgan fingerprint density at radius 1 is 0.521 bits per heavy atom. The molecule has 24 heteroatoms. The predicted octanol–water partition coefficient (Wildman–Crippen LogP) is 15.1. The third-order valence-electron chi connectivity index (χ3n) is 14.7. The van der Waals surface area contributed by atoms with Crippen molar-refractivity contribution in [1.82, 2.24) is 14.7 Å². The maximum absolute atomic E-state index is 14.0. The fourth-order valence-electron chi connectivity index (χ4n) is 9.96. The molecule has 502 valence electrons. The van der Waals surface area contributed by atoms with Gasteiger partial charge in [0.25, 0.3) is 11.8 Å². The van der Waals surface area contributed by atoms with Crippen molar-refractivity contribution in [3.63, 3.8) is 0 Å². The fraction of sp³-hybridized carbons (Fsp3) is 0.457. The first-order valence-electron chi connectivity index (χ1n) is 30.5. The summed E-state index contributed by atoms with van der Waals surface area (Å²) in [7, 11) is 7.85. The molecule has 3 atom stereocenters. The minimum absolute atomic E-state index is 0.0573. The number of amides is 5. The molecule has 0 bridgehead atoms. The molecule has 0 aliphatic carbocycles. The van der Waals surface area contributed by atoms with Crippen LogP contribution in [0.3, 0.4) is 0 Å². The highest BCUT2D eigenvalue weighted by Crippen LogP contribution is 2.39. The van der Waals surface area contributed by atoms with Crippen LogP contribution in [0.25, 0.3) is 0 Å². The van der Waals surface area contributed by atoms with Crippen molar-refractivity contribution in [3.05, 3.63) is 115 Å². The van der Waals surface area contributed by atoms with Crippen LogP contribution in [-0.2, 0) is 23.9 Å². The number of carboxylic acid groups (broad SMARTS) is 1. The molecule has 3 aromatic heterocycles. The number of rotatable bonds is 11. The standard InChI is InChI=1S/C26H28Cl2N2O4S.C25H26Cl2N2O4S.C19H26N2O3S/c1-26(2,3)12-11-17-15-21(22(35-17)25(33)34-5)30(20-8-6-7-13-29(4)24(20)32)23(31)18-10-9-16(27)14-19(18)28;1-25(2,3)11-10-16-14-20(21(34-16)24(32)33)29(19-7-5-6-12-28(4)23(19)31)22(30)17-9-8-15(26)13-18(17)27;1-19(2,3)10-9-13-12-15(16(25-13)18(23)24-5)20-14-8-6-7-11-21(4)17(14)22/h9-10,14-15,20H,6-8,13H2,1-5H3;8-9,13-14,19H,5-7,12H2,1-4H3,(H,32,33);12,14,20H,6-8,11H2,1-5H3/t20-;19-;14-/m000/s1. The Morgan fingerprint density at radius 2 is 0.883 bits per heavy atom. The first-order valence-corrected chi connectivity index (χ1v) is 34.5. The Labute approximate surface area is 583 Å². The summed E-state index contributed by atoms with van der Waals surface area (Å²) < 4.78 is 9.90. The number of halogens is 4. The quantitative estimate of drug-likeness (QED) is 0.0937. The number of nitrogens with zero attached hydrogens (tertiary/aromatic N) is 5. The van der Waals surface area contributed by atoms with Crippen molar-refractivity contribution >= 4 is 145 Å². The van der Waals surface area contributed by atoms with E-state index < -0.39 is 41.8 Å². The highest BCUT2D eigenvalue weighted by Gasteiger charge is 2.41. The molecule has 3 aliphatic rings. The number of methoxy groups -OCH3 is 2. The van der Waals surface area contributed by atoms with Gasteiger partial charge in [-0.3, -0.25) is 33.8 Å². The lowest BCUT2D eigenvalue weighted by atomic mass is 9.98. The van der Waals surface area contributed by atoms with Gasteiger partial charge in [0.2, 0.25) is 17.7 Å². The van der Waals surface area contributed by atoms with Crippen LogP contribution in [0.2, 0.25) is 20.1 Å². The van der Waals surface area contributed by atoms with Crippen molar-refractivity contribution < 1.29 is 52.9 Å². The average Bonchev–Trinajstić information content (AvgIpc) is 1.52. The van der Waals surface area contributed by atoms with Gasteiger partial charge >= 0.3 is 17.9 Å². The number of carbonyl (C=O) groups is 8. The molecule has 8 rings (SSSR count). The van der Waals surface area contributed by atoms with Crippen LogP contribution < -0.4 is 15.1 Å². The minimum Gasteiger partial charge on any atom is -0.477 e. The summed E-state index contributed by atoms with van der Waals surface area (Å²) >= 11 is 28.2. The predicted molar refractivity (Wildman–Crippen MR) is 378 cm³/mol. The molecule has 6 heterocycles. The molecule has 0 saturated carbocycles. The van der Waals surface area contributed by atoms with Crippen LogP contribution in [0.5, 0.6) is 0 Å². The Hall–Kier alpha value is -7.06. The molecule has 94 heavy (non-hydrogen) atoms. The number of hydrogen-bond donors (Lipinski definition) is 2. The summed E-state index contributed by atoms with van der Waals surface area (Å²) in [5.41, 5.74) is 0.689. The fourth-order valence-corrected chi connectivity index (χ4v) is 13.6. The number of ether oxygens (including phenoxy) is 2. The van der Waals surface area contributed by atoms with E-state index >= 15 is 0 Å². The van der Waals surface area contributed by atoms with Crippen LogP contribution in [0.1, 0.15) is 184 Å². The summed E-state index contributed by atoms with van der Waals surface area (Å²) in [6.45, 7) is 19.8. The van der Waals surface area contributed by atoms with Crippen LogP contribution in [0.4, 0.5) is 17.1 Å². The maximum Gasteiger partial charge on any atom is 0.350 e. The van der Waals surface area contributed by atoms with Crippen molar-refractivity contribution in [2.24, 2.45) is 16.2 Å². The summed E-state index contributed by atoms with van der Waals surface area (Å²) in [4.78, 5) is 114. The zero-order chi connectivity index (χ0) is 69.7. The molecule has 5 amide bonds. The Balaban J connectivity index is 0.000000227. The highest BCUT2D eigenvalue weighted by atomic mass is 35.5. The van der Waals surface area contributed by atoms with Crippen molar-refractivity contribution in [2.45, 2.75) is 138 Å². The SMILES string of the molecule is CN1CCCC[C@H](N(C(=O)c2ccc(Cl)cc2Cl)c2cc(C#CC(C)(C)C)sc2C(=O)O)C1=O.COC(=O)c1sc(C#CC(C)(C)C)cc1N(C(=O)c1ccc(Cl)cc1Cl)[C@H]1CCCCN(C)C1=O.COC(=O)c1sc(C#CC(C)(C)C)cc1N[C@H]1CCCCN(C)C1=O. The van der Waals surface area contributed by atoms with E-state index in [-0.39, 0.29) is 82.3 Å². The monoisotopic (exact) mass is 1420 g/mol. The van der Waals surface area contributed by atoms with E-state index in [4.69, 9.17) is 55.9 Å². The number of hydrogen-bond acceptors (Lipinski definition) is 14. The molecule has 5 aromatic rings. The zero-order valence-electron chi connectivity index (χ0n) is 55.4. The Morgan fingerprint density at radius 3 is 1.28 bits per heavy atom. The number of aromatic carboxylic acids is 1. The molecule has 3 fully saturated rings. The number of likely N-dealkylation sites (tertiary alicyclic amines) is 3. The van der Waals surface area contributed by atoms with Gasteiger partial charge in [-0.2, -0.15) is 0 Å². The second-order valence-corrected chi connectivity index (χ2v) is 30.7. The van der Waals surface area contributed by atoms with Gasteiger partial charge < -0.3 is 34.6 Å². The summed E-state index contributed by atoms with van der Waals surface area (Å²) in [5, 5.41) is 14.2. The van der Waals surface area contributed by atoms with Gasteiger partial charge in [0, 0.05) is 67.1 Å². The van der Waals surface area contributed by atoms with Crippen LogP contribution in [0.15, 0.2) is 54.6 Å². The molecule has 3 aliphatic heterocycles. The molecule has 2 N–H and O–H groups in total. The number of nitrogens with one attached hydrogen (secondary N) is 1. The summed E-state index contributed by atoms with van der Waals surface area (Å²) in [6, 6.07) is 12.1. The number of carboxylic acids is 1.